The normalized spacial score (nSPS) is 10.6. The lowest BCUT2D eigenvalue weighted by Gasteiger charge is -2.12. The van der Waals surface area contributed by atoms with Crippen LogP contribution in [-0.4, -0.2) is 9.97 Å². The molecular formula is C23H18N2. The van der Waals surface area contributed by atoms with E-state index in [1.54, 1.807) is 0 Å². The van der Waals surface area contributed by atoms with Crippen molar-refractivity contribution in [3.8, 4) is 33.8 Å². The van der Waals surface area contributed by atoms with Crippen molar-refractivity contribution in [3.05, 3.63) is 96.7 Å². The summed E-state index contributed by atoms with van der Waals surface area (Å²) in [6.45, 7) is 2.07. The van der Waals surface area contributed by atoms with Gasteiger partial charge < -0.3 is 0 Å². The first-order chi connectivity index (χ1) is 12.3. The van der Waals surface area contributed by atoms with Crippen molar-refractivity contribution in [3.63, 3.8) is 0 Å². The van der Waals surface area contributed by atoms with Gasteiger partial charge >= 0.3 is 0 Å². The predicted molar refractivity (Wildman–Crippen MR) is 103 cm³/mol. The van der Waals surface area contributed by atoms with Crippen molar-refractivity contribution in [2.75, 3.05) is 0 Å². The van der Waals surface area contributed by atoms with Gasteiger partial charge in [0.1, 0.15) is 0 Å². The van der Waals surface area contributed by atoms with Gasteiger partial charge in [-0.05, 0) is 36.2 Å². The molecule has 0 saturated heterocycles. The highest BCUT2D eigenvalue weighted by Gasteiger charge is 2.12. The highest BCUT2D eigenvalue weighted by Crippen LogP contribution is 2.33. The molecule has 0 atom stereocenters. The molecule has 2 heterocycles. The Balaban J connectivity index is 1.94. The van der Waals surface area contributed by atoms with Gasteiger partial charge in [0.25, 0.3) is 0 Å². The van der Waals surface area contributed by atoms with E-state index < -0.39 is 0 Å². The molecule has 0 aliphatic rings. The molecule has 0 saturated carbocycles. The number of hydrogen-bond donors (Lipinski definition) is 0. The van der Waals surface area contributed by atoms with E-state index >= 15 is 0 Å². The molecule has 0 amide bonds. The summed E-state index contributed by atoms with van der Waals surface area (Å²) in [6.07, 6.45) is 1.82. The van der Waals surface area contributed by atoms with E-state index in [0.717, 1.165) is 39.3 Å². The fourth-order valence-electron chi connectivity index (χ4n) is 3.01. The number of aryl methyl sites for hydroxylation is 1. The average Bonchev–Trinajstić information content (AvgIpc) is 2.69. The molecule has 0 N–H and O–H groups in total. The molecule has 2 nitrogen and oxygen atoms in total. The van der Waals surface area contributed by atoms with Crippen LogP contribution in [0.3, 0.4) is 0 Å². The fourth-order valence-corrected chi connectivity index (χ4v) is 3.01. The second kappa shape index (κ2) is 6.70. The van der Waals surface area contributed by atoms with Crippen LogP contribution in [0.5, 0.6) is 0 Å². The SMILES string of the molecule is Cc1cccnc1-c1ccc(-c2ccccc2)c(-c2ccccc2)n1. The summed E-state index contributed by atoms with van der Waals surface area (Å²) in [5.74, 6) is 0. The first-order valence-corrected chi connectivity index (χ1v) is 8.37. The van der Waals surface area contributed by atoms with Crippen LogP contribution in [0.25, 0.3) is 33.8 Å². The predicted octanol–water partition coefficient (Wildman–Crippen LogP) is 5.79. The monoisotopic (exact) mass is 322 g/mol. The highest BCUT2D eigenvalue weighted by molar-refractivity contribution is 5.82. The topological polar surface area (TPSA) is 25.8 Å². The molecule has 0 radical (unpaired) electrons. The van der Waals surface area contributed by atoms with Gasteiger partial charge in [0.2, 0.25) is 0 Å². The van der Waals surface area contributed by atoms with Crippen LogP contribution in [0.15, 0.2) is 91.1 Å². The summed E-state index contributed by atoms with van der Waals surface area (Å²) < 4.78 is 0. The van der Waals surface area contributed by atoms with Crippen LogP contribution in [0.1, 0.15) is 5.56 Å². The zero-order valence-electron chi connectivity index (χ0n) is 14.1. The van der Waals surface area contributed by atoms with Crippen molar-refractivity contribution in [2.24, 2.45) is 0 Å². The van der Waals surface area contributed by atoms with Crippen LogP contribution in [-0.2, 0) is 0 Å². The quantitative estimate of drug-likeness (QED) is 0.477. The largest absolute Gasteiger partial charge is 0.254 e. The van der Waals surface area contributed by atoms with Crippen molar-refractivity contribution in [1.82, 2.24) is 9.97 Å². The van der Waals surface area contributed by atoms with Crippen LogP contribution in [0.4, 0.5) is 0 Å². The number of nitrogens with zero attached hydrogens (tertiary/aromatic N) is 2. The minimum Gasteiger partial charge on any atom is -0.254 e. The fraction of sp³-hybridized carbons (Fsp3) is 0.0435. The van der Waals surface area contributed by atoms with Crippen LogP contribution in [0, 0.1) is 6.92 Å². The van der Waals surface area contributed by atoms with E-state index in [0.29, 0.717) is 0 Å². The molecule has 2 aromatic carbocycles. The molecule has 4 rings (SSSR count). The number of rotatable bonds is 3. The van der Waals surface area contributed by atoms with Crippen molar-refractivity contribution < 1.29 is 0 Å². The maximum atomic E-state index is 4.99. The highest BCUT2D eigenvalue weighted by atomic mass is 14.8. The summed E-state index contributed by atoms with van der Waals surface area (Å²) in [5, 5.41) is 0. The van der Waals surface area contributed by atoms with E-state index in [1.807, 2.05) is 36.5 Å². The molecule has 2 heteroatoms. The van der Waals surface area contributed by atoms with Gasteiger partial charge in [-0.3, -0.25) is 4.98 Å². The van der Waals surface area contributed by atoms with Crippen LogP contribution >= 0.6 is 0 Å². The number of aromatic nitrogens is 2. The van der Waals surface area contributed by atoms with E-state index in [9.17, 15) is 0 Å². The van der Waals surface area contributed by atoms with E-state index in [-0.39, 0.29) is 0 Å². The molecule has 25 heavy (non-hydrogen) atoms. The van der Waals surface area contributed by atoms with E-state index in [1.165, 1.54) is 0 Å². The molecule has 0 fully saturated rings. The van der Waals surface area contributed by atoms with Crippen LogP contribution in [0.2, 0.25) is 0 Å². The lowest BCUT2D eigenvalue weighted by Crippen LogP contribution is -1.95. The van der Waals surface area contributed by atoms with Gasteiger partial charge in [-0.15, -0.1) is 0 Å². The zero-order chi connectivity index (χ0) is 17.1. The summed E-state index contributed by atoms with van der Waals surface area (Å²) in [4.78, 5) is 9.51. The Morgan fingerprint density at radius 3 is 1.96 bits per heavy atom. The van der Waals surface area contributed by atoms with E-state index in [2.05, 4.69) is 66.5 Å². The van der Waals surface area contributed by atoms with Gasteiger partial charge in [0, 0.05) is 17.3 Å². The molecular weight excluding hydrogens is 304 g/mol. The third kappa shape index (κ3) is 3.07. The Morgan fingerprint density at radius 1 is 0.600 bits per heavy atom. The van der Waals surface area contributed by atoms with E-state index in [4.69, 9.17) is 4.98 Å². The van der Waals surface area contributed by atoms with Gasteiger partial charge in [0.15, 0.2) is 0 Å². The third-order valence-electron chi connectivity index (χ3n) is 4.28. The Bertz CT molecular complexity index is 993. The maximum Gasteiger partial charge on any atom is 0.0915 e. The Kier molecular flexibility index (Phi) is 4.09. The maximum absolute atomic E-state index is 4.99. The van der Waals surface area contributed by atoms with Gasteiger partial charge in [-0.2, -0.15) is 0 Å². The number of pyridine rings is 2. The number of hydrogen-bond acceptors (Lipinski definition) is 2. The number of benzene rings is 2. The molecule has 2 aromatic heterocycles. The van der Waals surface area contributed by atoms with Gasteiger partial charge in [0.05, 0.1) is 17.1 Å². The lowest BCUT2D eigenvalue weighted by molar-refractivity contribution is 1.21. The third-order valence-corrected chi connectivity index (χ3v) is 4.28. The summed E-state index contributed by atoms with van der Waals surface area (Å²) in [6, 6.07) is 28.9. The van der Waals surface area contributed by atoms with Gasteiger partial charge in [-0.1, -0.05) is 66.7 Å². The lowest BCUT2D eigenvalue weighted by atomic mass is 9.98. The first kappa shape index (κ1) is 15.3. The standard InChI is InChI=1S/C23H18N2/c1-17-9-8-16-24-22(17)21-15-14-20(18-10-4-2-5-11-18)23(25-21)19-12-6-3-7-13-19/h2-16H,1H3. The first-order valence-electron chi connectivity index (χ1n) is 8.37. The molecule has 0 bridgehead atoms. The summed E-state index contributed by atoms with van der Waals surface area (Å²) >= 11 is 0. The smallest absolute Gasteiger partial charge is 0.0915 e. The van der Waals surface area contributed by atoms with Crippen LogP contribution < -0.4 is 0 Å². The molecule has 0 spiro atoms. The average molecular weight is 322 g/mol. The molecule has 120 valence electrons. The zero-order valence-corrected chi connectivity index (χ0v) is 14.1. The Labute approximate surface area is 147 Å². The van der Waals surface area contributed by atoms with Crippen molar-refractivity contribution in [1.29, 1.82) is 0 Å². The molecule has 0 aliphatic heterocycles. The molecule has 0 unspecified atom stereocenters. The Hall–Kier alpha value is -3.26. The molecule has 4 aromatic rings. The minimum atomic E-state index is 0.900. The second-order valence-corrected chi connectivity index (χ2v) is 5.99. The minimum absolute atomic E-state index is 0.900. The summed E-state index contributed by atoms with van der Waals surface area (Å²) in [7, 11) is 0. The van der Waals surface area contributed by atoms with Gasteiger partial charge in [-0.25, -0.2) is 4.98 Å². The van der Waals surface area contributed by atoms with Crippen molar-refractivity contribution in [2.45, 2.75) is 6.92 Å². The summed E-state index contributed by atoms with van der Waals surface area (Å²) in [5.41, 5.74) is 7.34. The Morgan fingerprint density at radius 2 is 1.28 bits per heavy atom. The van der Waals surface area contributed by atoms with Crippen molar-refractivity contribution >= 4 is 0 Å². The molecule has 0 aliphatic carbocycles. The second-order valence-electron chi connectivity index (χ2n) is 5.99.